The number of rotatable bonds is 13. The molecule has 0 bridgehead atoms. The van der Waals surface area contributed by atoms with Crippen molar-refractivity contribution in [3.05, 3.63) is 46.6 Å². The van der Waals surface area contributed by atoms with Gasteiger partial charge < -0.3 is 14.6 Å². The monoisotopic (exact) mass is 390 g/mol. The summed E-state index contributed by atoms with van der Waals surface area (Å²) in [4.78, 5) is 0. The quantitative estimate of drug-likeness (QED) is 0.358. The van der Waals surface area contributed by atoms with Crippen molar-refractivity contribution in [1.29, 1.82) is 0 Å². The second-order valence-electron chi connectivity index (χ2n) is 8.11. The highest BCUT2D eigenvalue weighted by molar-refractivity contribution is 5.07. The van der Waals surface area contributed by atoms with E-state index in [-0.39, 0.29) is 12.9 Å². The normalized spacial score (nSPS) is 20.0. The lowest BCUT2D eigenvalue weighted by Crippen LogP contribution is -2.22. The topological polar surface area (TPSA) is 38.7 Å². The average molecular weight is 391 g/mol. The van der Waals surface area contributed by atoms with Crippen molar-refractivity contribution in [2.45, 2.75) is 91.8 Å². The van der Waals surface area contributed by atoms with Gasteiger partial charge in [0.15, 0.2) is 6.29 Å². The predicted octanol–water partition coefficient (Wildman–Crippen LogP) is 6.65. The molecule has 1 N–H and O–H groups in total. The molecular weight excluding hydrogens is 348 g/mol. The number of allylic oxidation sites excluding steroid dienone is 6. The van der Waals surface area contributed by atoms with Crippen molar-refractivity contribution >= 4 is 0 Å². The number of aliphatic hydroxyl groups is 1. The van der Waals surface area contributed by atoms with E-state index in [1.807, 2.05) is 6.08 Å². The van der Waals surface area contributed by atoms with Gasteiger partial charge in [-0.25, -0.2) is 0 Å². The first-order chi connectivity index (χ1) is 13.5. The van der Waals surface area contributed by atoms with Crippen LogP contribution in [0.15, 0.2) is 46.6 Å². The predicted molar refractivity (Wildman–Crippen MR) is 119 cm³/mol. The van der Waals surface area contributed by atoms with Crippen LogP contribution in [0.2, 0.25) is 0 Å². The first-order valence-electron chi connectivity index (χ1n) is 11.0. The molecule has 0 amide bonds. The van der Waals surface area contributed by atoms with E-state index in [0.29, 0.717) is 6.61 Å². The van der Waals surface area contributed by atoms with Crippen LogP contribution in [0.4, 0.5) is 0 Å². The van der Waals surface area contributed by atoms with Crippen molar-refractivity contribution in [2.75, 3.05) is 19.8 Å². The zero-order valence-corrected chi connectivity index (χ0v) is 18.6. The Labute approximate surface area is 173 Å². The Morgan fingerprint density at radius 2 is 1.36 bits per heavy atom. The summed E-state index contributed by atoms with van der Waals surface area (Å²) in [5.74, 6) is 0. The fourth-order valence-electron chi connectivity index (χ4n) is 3.23. The van der Waals surface area contributed by atoms with E-state index >= 15 is 0 Å². The van der Waals surface area contributed by atoms with Gasteiger partial charge in [0, 0.05) is 6.61 Å². The molecule has 1 aliphatic heterocycles. The van der Waals surface area contributed by atoms with Crippen LogP contribution in [0.25, 0.3) is 0 Å². The Hall–Kier alpha value is -1.16. The lowest BCUT2D eigenvalue weighted by molar-refractivity contribution is -0.156. The van der Waals surface area contributed by atoms with Crippen LogP contribution in [-0.4, -0.2) is 31.2 Å². The highest BCUT2D eigenvalue weighted by Gasteiger charge is 2.13. The van der Waals surface area contributed by atoms with Gasteiger partial charge in [0.1, 0.15) is 0 Å². The van der Waals surface area contributed by atoms with Crippen LogP contribution in [0.5, 0.6) is 0 Å². The molecule has 3 heteroatoms. The number of hydrogen-bond donors (Lipinski definition) is 1. The molecule has 1 saturated heterocycles. The summed E-state index contributed by atoms with van der Waals surface area (Å²) in [5.41, 5.74) is 5.49. The third-order valence-electron chi connectivity index (χ3n) is 5.17. The third kappa shape index (κ3) is 13.1. The fourth-order valence-corrected chi connectivity index (χ4v) is 3.23. The minimum absolute atomic E-state index is 0.00430. The number of aliphatic hydroxyl groups excluding tert-OH is 1. The molecule has 0 aliphatic carbocycles. The van der Waals surface area contributed by atoms with Crippen LogP contribution in [0, 0.1) is 0 Å². The van der Waals surface area contributed by atoms with Gasteiger partial charge in [-0.15, -0.1) is 0 Å². The maximum Gasteiger partial charge on any atom is 0.158 e. The van der Waals surface area contributed by atoms with E-state index in [9.17, 15) is 0 Å². The van der Waals surface area contributed by atoms with E-state index in [0.717, 1.165) is 58.0 Å². The van der Waals surface area contributed by atoms with Crippen LogP contribution >= 0.6 is 0 Å². The molecule has 0 aromatic rings. The highest BCUT2D eigenvalue weighted by atomic mass is 16.7. The zero-order chi connectivity index (χ0) is 20.6. The van der Waals surface area contributed by atoms with Crippen molar-refractivity contribution < 1.29 is 14.6 Å². The summed E-state index contributed by atoms with van der Waals surface area (Å²) in [6, 6.07) is 0. The first-order valence-corrected chi connectivity index (χ1v) is 11.0. The fraction of sp³-hybridized carbons (Fsp3) is 0.680. The third-order valence-corrected chi connectivity index (χ3v) is 5.17. The lowest BCUT2D eigenvalue weighted by Gasteiger charge is -2.22. The highest BCUT2D eigenvalue weighted by Crippen LogP contribution is 2.16. The van der Waals surface area contributed by atoms with Crippen LogP contribution in [0.3, 0.4) is 0 Å². The molecule has 28 heavy (non-hydrogen) atoms. The van der Waals surface area contributed by atoms with Gasteiger partial charge in [-0.2, -0.15) is 0 Å². The maximum atomic E-state index is 8.87. The summed E-state index contributed by atoms with van der Waals surface area (Å²) in [5, 5.41) is 8.87. The summed E-state index contributed by atoms with van der Waals surface area (Å²) >= 11 is 0. The second kappa shape index (κ2) is 15.7. The summed E-state index contributed by atoms with van der Waals surface area (Å²) in [7, 11) is 0. The molecule has 3 nitrogen and oxygen atoms in total. The molecule has 1 heterocycles. The Morgan fingerprint density at radius 1 is 0.821 bits per heavy atom. The Kier molecular flexibility index (Phi) is 14.0. The van der Waals surface area contributed by atoms with E-state index in [1.165, 1.54) is 28.7 Å². The Balaban J connectivity index is 2.17. The van der Waals surface area contributed by atoms with Crippen LogP contribution in [-0.2, 0) is 9.47 Å². The average Bonchev–Trinajstić information content (AvgIpc) is 2.67. The molecule has 0 saturated carbocycles. The van der Waals surface area contributed by atoms with Gasteiger partial charge in [0.05, 0.1) is 13.2 Å². The van der Waals surface area contributed by atoms with Gasteiger partial charge in [0.2, 0.25) is 0 Å². The van der Waals surface area contributed by atoms with Crippen molar-refractivity contribution in [2.24, 2.45) is 0 Å². The van der Waals surface area contributed by atoms with Crippen molar-refractivity contribution in [3.8, 4) is 0 Å². The summed E-state index contributed by atoms with van der Waals surface area (Å²) < 4.78 is 11.4. The molecule has 0 aromatic carbocycles. The van der Waals surface area contributed by atoms with E-state index in [4.69, 9.17) is 14.6 Å². The molecule has 1 rings (SSSR count). The summed E-state index contributed by atoms with van der Waals surface area (Å²) in [6.07, 6.45) is 18.9. The zero-order valence-electron chi connectivity index (χ0n) is 18.6. The van der Waals surface area contributed by atoms with Crippen LogP contribution < -0.4 is 0 Å². The summed E-state index contributed by atoms with van der Waals surface area (Å²) in [6.45, 7) is 10.4. The van der Waals surface area contributed by atoms with E-state index < -0.39 is 0 Å². The van der Waals surface area contributed by atoms with Gasteiger partial charge in [-0.3, -0.25) is 0 Å². The standard InChI is InChI=1S/C25H42O3/c1-21(12-8-14-23(3)17-18-26)10-7-11-22(2)13-9-15-24(4)20-28-25-16-5-6-19-27-25/h11-12,15,17,25-26H,5-10,13-14,16,18-20H2,1-4H3/b21-12+,22-11+,23-17+,24-15+. The molecule has 1 atom stereocenters. The Morgan fingerprint density at radius 3 is 1.86 bits per heavy atom. The molecule has 1 fully saturated rings. The maximum absolute atomic E-state index is 8.87. The SMILES string of the molecule is C/C(=C\CO)CC/C=C(\C)CC/C=C(\C)CC/C=C(\C)COC1CCCCO1. The Bertz CT molecular complexity index is 534. The number of ether oxygens (including phenoxy) is 2. The van der Waals surface area contributed by atoms with E-state index in [2.05, 4.69) is 45.9 Å². The molecule has 1 unspecified atom stereocenters. The molecule has 160 valence electrons. The minimum atomic E-state index is 0.00430. The second-order valence-corrected chi connectivity index (χ2v) is 8.11. The largest absolute Gasteiger partial charge is 0.392 e. The smallest absolute Gasteiger partial charge is 0.158 e. The van der Waals surface area contributed by atoms with E-state index in [1.54, 1.807) is 0 Å². The van der Waals surface area contributed by atoms with Crippen molar-refractivity contribution in [1.82, 2.24) is 0 Å². The van der Waals surface area contributed by atoms with Gasteiger partial charge in [-0.1, -0.05) is 46.6 Å². The molecule has 1 aliphatic rings. The number of hydrogen-bond acceptors (Lipinski definition) is 3. The molecule has 0 radical (unpaired) electrons. The first kappa shape index (κ1) is 24.9. The lowest BCUT2D eigenvalue weighted by atomic mass is 10.0. The van der Waals surface area contributed by atoms with Gasteiger partial charge in [0.25, 0.3) is 0 Å². The van der Waals surface area contributed by atoms with Crippen LogP contribution in [0.1, 0.15) is 85.5 Å². The molecule has 0 spiro atoms. The van der Waals surface area contributed by atoms with Gasteiger partial charge >= 0.3 is 0 Å². The molecular formula is C25H42O3. The minimum Gasteiger partial charge on any atom is -0.392 e. The van der Waals surface area contributed by atoms with Gasteiger partial charge in [-0.05, 0) is 85.5 Å². The van der Waals surface area contributed by atoms with Crippen molar-refractivity contribution in [3.63, 3.8) is 0 Å². The molecule has 0 aromatic heterocycles.